The van der Waals surface area contributed by atoms with Gasteiger partial charge in [0.2, 0.25) is 0 Å². The minimum atomic E-state index is -3.45. The molecule has 1 aromatic rings. The van der Waals surface area contributed by atoms with Crippen molar-refractivity contribution in [2.24, 2.45) is 0 Å². The zero-order valence-corrected chi connectivity index (χ0v) is 10.4. The molecule has 0 saturated heterocycles. The Morgan fingerprint density at radius 1 is 1.56 bits per heavy atom. The largest absolute Gasteiger partial charge is 0.336 e. The molecule has 0 spiro atoms. The maximum Gasteiger partial charge on any atom is 0.259 e. The Morgan fingerprint density at radius 2 is 2.31 bits per heavy atom. The minimum Gasteiger partial charge on any atom is -0.336 e. The van der Waals surface area contributed by atoms with Crippen molar-refractivity contribution in [1.82, 2.24) is 14.3 Å². The van der Waals surface area contributed by atoms with E-state index >= 15 is 0 Å². The molecule has 1 aromatic heterocycles. The summed E-state index contributed by atoms with van der Waals surface area (Å²) in [5, 5.41) is 0.0785. The lowest BCUT2D eigenvalue weighted by molar-refractivity contribution is 0.578. The highest BCUT2D eigenvalue weighted by Crippen LogP contribution is 2.04. The molecule has 0 aliphatic carbocycles. The number of hydrogen-bond acceptors (Lipinski definition) is 3. The molecule has 1 N–H and O–H groups in total. The van der Waals surface area contributed by atoms with E-state index in [-0.39, 0.29) is 5.03 Å². The second-order valence-electron chi connectivity index (χ2n) is 3.30. The van der Waals surface area contributed by atoms with Crippen LogP contribution < -0.4 is 4.72 Å². The number of aryl methyl sites for hydroxylation is 1. The fourth-order valence-electron chi connectivity index (χ4n) is 1.17. The van der Waals surface area contributed by atoms with Crippen LogP contribution in [0.15, 0.2) is 29.7 Å². The van der Waals surface area contributed by atoms with Crippen molar-refractivity contribution in [2.75, 3.05) is 6.54 Å². The third-order valence-corrected chi connectivity index (χ3v) is 3.43. The van der Waals surface area contributed by atoms with Crippen LogP contribution in [-0.4, -0.2) is 24.5 Å². The third kappa shape index (κ3) is 3.46. The second-order valence-corrected chi connectivity index (χ2v) is 5.01. The van der Waals surface area contributed by atoms with Gasteiger partial charge in [-0.25, -0.2) is 18.1 Å². The Balaban J connectivity index is 2.63. The van der Waals surface area contributed by atoms with Crippen molar-refractivity contribution in [2.45, 2.75) is 31.8 Å². The van der Waals surface area contributed by atoms with E-state index in [1.165, 1.54) is 12.5 Å². The Bertz CT molecular complexity index is 448. The van der Waals surface area contributed by atoms with Gasteiger partial charge in [-0.15, -0.1) is 0 Å². The van der Waals surface area contributed by atoms with Crippen molar-refractivity contribution in [3.63, 3.8) is 0 Å². The van der Waals surface area contributed by atoms with Gasteiger partial charge in [-0.2, -0.15) is 0 Å². The number of rotatable bonds is 6. The van der Waals surface area contributed by atoms with Gasteiger partial charge in [0.1, 0.15) is 0 Å². The molecule has 16 heavy (non-hydrogen) atoms. The number of sulfonamides is 1. The highest BCUT2D eigenvalue weighted by molar-refractivity contribution is 7.89. The zero-order chi connectivity index (χ0) is 12.0. The number of aromatic nitrogens is 2. The lowest BCUT2D eigenvalue weighted by atomic mass is 10.4. The average Bonchev–Trinajstić information content (AvgIpc) is 2.73. The van der Waals surface area contributed by atoms with Crippen molar-refractivity contribution >= 4 is 10.0 Å². The van der Waals surface area contributed by atoms with Crippen LogP contribution in [0.5, 0.6) is 0 Å². The van der Waals surface area contributed by atoms with Gasteiger partial charge in [-0.3, -0.25) is 0 Å². The van der Waals surface area contributed by atoms with E-state index in [1.54, 1.807) is 4.57 Å². The van der Waals surface area contributed by atoms with Gasteiger partial charge in [-0.05, 0) is 20.3 Å². The Labute approximate surface area is 96.2 Å². The Hall–Kier alpha value is -1.14. The lowest BCUT2D eigenvalue weighted by Crippen LogP contribution is -2.24. The predicted octanol–water partition coefficient (Wildman–Crippen LogP) is 1.15. The summed E-state index contributed by atoms with van der Waals surface area (Å²) in [6, 6.07) is 0. The highest BCUT2D eigenvalue weighted by atomic mass is 32.2. The fourth-order valence-corrected chi connectivity index (χ4v) is 2.16. The Kier molecular flexibility index (Phi) is 4.70. The molecule has 0 unspecified atom stereocenters. The molecule has 0 bridgehead atoms. The summed E-state index contributed by atoms with van der Waals surface area (Å²) in [6.07, 6.45) is 7.52. The van der Waals surface area contributed by atoms with E-state index in [0.29, 0.717) is 19.5 Å². The molecule has 0 amide bonds. The topological polar surface area (TPSA) is 64.0 Å². The maximum absolute atomic E-state index is 11.7. The van der Waals surface area contributed by atoms with E-state index < -0.39 is 10.0 Å². The zero-order valence-electron chi connectivity index (χ0n) is 9.55. The van der Waals surface area contributed by atoms with Crippen LogP contribution >= 0.6 is 0 Å². The molecule has 0 aromatic carbocycles. The van der Waals surface area contributed by atoms with Crippen molar-refractivity contribution in [3.8, 4) is 0 Å². The third-order valence-electron chi connectivity index (χ3n) is 2.09. The predicted molar refractivity (Wildman–Crippen MR) is 62.5 cm³/mol. The summed E-state index contributed by atoms with van der Waals surface area (Å²) in [5.41, 5.74) is 0. The van der Waals surface area contributed by atoms with Crippen LogP contribution in [0.4, 0.5) is 0 Å². The van der Waals surface area contributed by atoms with Crippen LogP contribution in [0.25, 0.3) is 0 Å². The van der Waals surface area contributed by atoms with Gasteiger partial charge in [0.05, 0.1) is 6.33 Å². The van der Waals surface area contributed by atoms with Crippen LogP contribution in [-0.2, 0) is 16.6 Å². The normalized spacial score (nSPS) is 12.4. The quantitative estimate of drug-likeness (QED) is 0.602. The fraction of sp³-hybridized carbons (Fsp3) is 0.500. The summed E-state index contributed by atoms with van der Waals surface area (Å²) < 4.78 is 27.6. The van der Waals surface area contributed by atoms with Crippen molar-refractivity contribution < 1.29 is 8.42 Å². The molecular formula is C10H17N3O2S. The minimum absolute atomic E-state index is 0.0785. The molecule has 0 aliphatic heterocycles. The number of allylic oxidation sites excluding steroid dienone is 1. The monoisotopic (exact) mass is 243 g/mol. The van der Waals surface area contributed by atoms with Crippen LogP contribution in [0.3, 0.4) is 0 Å². The first-order valence-corrected chi connectivity index (χ1v) is 6.71. The SMILES string of the molecule is C/C=C/CCNS(=O)(=O)c1cn(CC)cn1. The average molecular weight is 243 g/mol. The molecule has 0 atom stereocenters. The highest BCUT2D eigenvalue weighted by Gasteiger charge is 2.15. The van der Waals surface area contributed by atoms with Crippen LogP contribution in [0.1, 0.15) is 20.3 Å². The number of imidazole rings is 1. The molecule has 1 rings (SSSR count). The van der Waals surface area contributed by atoms with Gasteiger partial charge in [-0.1, -0.05) is 12.2 Å². The van der Waals surface area contributed by atoms with E-state index in [4.69, 9.17) is 0 Å². The molecule has 6 heteroatoms. The molecule has 1 heterocycles. The first-order valence-electron chi connectivity index (χ1n) is 5.22. The molecule has 90 valence electrons. The summed E-state index contributed by atoms with van der Waals surface area (Å²) in [4.78, 5) is 3.85. The first kappa shape index (κ1) is 12.9. The number of nitrogens with one attached hydrogen (secondary N) is 1. The van der Waals surface area contributed by atoms with Crippen LogP contribution in [0.2, 0.25) is 0 Å². The van der Waals surface area contributed by atoms with E-state index in [9.17, 15) is 8.42 Å². The van der Waals surface area contributed by atoms with Gasteiger partial charge in [0.15, 0.2) is 5.03 Å². The van der Waals surface area contributed by atoms with Crippen molar-refractivity contribution in [1.29, 1.82) is 0 Å². The smallest absolute Gasteiger partial charge is 0.259 e. The van der Waals surface area contributed by atoms with Crippen molar-refractivity contribution in [3.05, 3.63) is 24.7 Å². The summed E-state index contributed by atoms with van der Waals surface area (Å²) in [5.74, 6) is 0. The summed E-state index contributed by atoms with van der Waals surface area (Å²) in [6.45, 7) is 4.93. The van der Waals surface area contributed by atoms with E-state index in [1.807, 2.05) is 26.0 Å². The summed E-state index contributed by atoms with van der Waals surface area (Å²) in [7, 11) is -3.45. The van der Waals surface area contributed by atoms with Crippen LogP contribution in [0, 0.1) is 0 Å². The standard InChI is InChI=1S/C10H17N3O2S/c1-3-5-6-7-12-16(14,15)10-8-13(4-2)9-11-10/h3,5,8-9,12H,4,6-7H2,1-2H3/b5-3+. The molecule has 0 fully saturated rings. The molecule has 0 saturated carbocycles. The molecule has 0 radical (unpaired) electrons. The number of hydrogen-bond donors (Lipinski definition) is 1. The second kappa shape index (κ2) is 5.81. The van der Waals surface area contributed by atoms with Gasteiger partial charge >= 0.3 is 0 Å². The Morgan fingerprint density at radius 3 is 2.88 bits per heavy atom. The lowest BCUT2D eigenvalue weighted by Gasteiger charge is -2.01. The number of nitrogens with zero attached hydrogens (tertiary/aromatic N) is 2. The van der Waals surface area contributed by atoms with E-state index in [2.05, 4.69) is 9.71 Å². The summed E-state index contributed by atoms with van der Waals surface area (Å²) >= 11 is 0. The first-order chi connectivity index (χ1) is 7.60. The van der Waals surface area contributed by atoms with Gasteiger partial charge in [0, 0.05) is 19.3 Å². The van der Waals surface area contributed by atoms with Gasteiger partial charge < -0.3 is 4.57 Å². The molecule has 5 nitrogen and oxygen atoms in total. The molecular weight excluding hydrogens is 226 g/mol. The van der Waals surface area contributed by atoms with Gasteiger partial charge in [0.25, 0.3) is 10.0 Å². The maximum atomic E-state index is 11.7. The van der Waals surface area contributed by atoms with E-state index in [0.717, 1.165) is 0 Å². The molecule has 0 aliphatic rings.